The number of fused-ring (bicyclic) bond motifs is 1. The molecule has 0 aliphatic carbocycles. The van der Waals surface area contributed by atoms with E-state index in [4.69, 9.17) is 0 Å². The van der Waals surface area contributed by atoms with Crippen LogP contribution in [0, 0.1) is 11.8 Å². The van der Waals surface area contributed by atoms with Crippen molar-refractivity contribution in [3.8, 4) is 0 Å². The fourth-order valence-electron chi connectivity index (χ4n) is 4.34. The van der Waals surface area contributed by atoms with Gasteiger partial charge in [0.2, 0.25) is 0 Å². The molecule has 0 saturated carbocycles. The lowest BCUT2D eigenvalue weighted by Crippen LogP contribution is -2.53. The molecule has 0 bridgehead atoms. The first-order valence-electron chi connectivity index (χ1n) is 7.96. The number of hydrogen-bond acceptors (Lipinski definition) is 3. The van der Waals surface area contributed by atoms with E-state index in [0.29, 0.717) is 0 Å². The van der Waals surface area contributed by atoms with Crippen molar-refractivity contribution in [2.45, 2.75) is 38.1 Å². The van der Waals surface area contributed by atoms with Gasteiger partial charge < -0.3 is 15.1 Å². The second kappa shape index (κ2) is 7.26. The summed E-state index contributed by atoms with van der Waals surface area (Å²) in [5.41, 5.74) is 0. The molecular weight excluding hydrogens is 258 g/mol. The molecule has 3 fully saturated rings. The van der Waals surface area contributed by atoms with Gasteiger partial charge in [-0.2, -0.15) is 0 Å². The summed E-state index contributed by atoms with van der Waals surface area (Å²) in [6.07, 6.45) is 7.11. The molecule has 3 aliphatic rings. The van der Waals surface area contributed by atoms with Gasteiger partial charge in [-0.1, -0.05) is 0 Å². The molecule has 3 atom stereocenters. The van der Waals surface area contributed by atoms with Crippen LogP contribution in [0.4, 0.5) is 0 Å². The van der Waals surface area contributed by atoms with Crippen LogP contribution in [-0.4, -0.2) is 62.2 Å². The number of likely N-dealkylation sites (tertiary alicyclic amines) is 2. The lowest BCUT2D eigenvalue weighted by molar-refractivity contribution is 0.0308. The van der Waals surface area contributed by atoms with Crippen LogP contribution in [0.3, 0.4) is 0 Å². The first-order valence-corrected chi connectivity index (χ1v) is 7.96. The van der Waals surface area contributed by atoms with Crippen molar-refractivity contribution in [2.24, 2.45) is 11.8 Å². The van der Waals surface area contributed by atoms with Gasteiger partial charge in [-0.05, 0) is 77.2 Å². The molecule has 0 amide bonds. The van der Waals surface area contributed by atoms with Gasteiger partial charge in [0, 0.05) is 19.1 Å². The minimum atomic E-state index is 0. The highest BCUT2D eigenvalue weighted by Crippen LogP contribution is 2.30. The van der Waals surface area contributed by atoms with Crippen LogP contribution in [0.15, 0.2) is 0 Å². The Hall–Kier alpha value is 0.170. The molecule has 112 valence electrons. The van der Waals surface area contributed by atoms with Crippen molar-refractivity contribution >= 4 is 12.4 Å². The van der Waals surface area contributed by atoms with Gasteiger partial charge in [0.25, 0.3) is 0 Å². The molecule has 3 heterocycles. The fourth-order valence-corrected chi connectivity index (χ4v) is 4.34. The highest BCUT2D eigenvalue weighted by atomic mass is 35.5. The van der Waals surface area contributed by atoms with E-state index in [1.807, 2.05) is 0 Å². The largest absolute Gasteiger partial charge is 0.316 e. The summed E-state index contributed by atoms with van der Waals surface area (Å²) in [4.78, 5) is 5.38. The Kier molecular flexibility index (Phi) is 5.94. The lowest BCUT2D eigenvalue weighted by atomic mass is 9.83. The number of piperidine rings is 3. The van der Waals surface area contributed by atoms with Gasteiger partial charge in [0.05, 0.1) is 0 Å². The Bertz CT molecular complexity index is 268. The van der Waals surface area contributed by atoms with Gasteiger partial charge in [-0.3, -0.25) is 0 Å². The van der Waals surface area contributed by atoms with Crippen molar-refractivity contribution < 1.29 is 0 Å². The molecule has 1 N–H and O–H groups in total. The van der Waals surface area contributed by atoms with E-state index < -0.39 is 0 Å². The second-order valence-electron chi connectivity index (χ2n) is 6.71. The lowest BCUT2D eigenvalue weighted by Gasteiger charge is -2.46. The van der Waals surface area contributed by atoms with E-state index in [1.165, 1.54) is 71.4 Å². The van der Waals surface area contributed by atoms with E-state index in [2.05, 4.69) is 22.2 Å². The highest BCUT2D eigenvalue weighted by molar-refractivity contribution is 5.85. The molecule has 0 aromatic carbocycles. The molecule has 0 aromatic rings. The summed E-state index contributed by atoms with van der Waals surface area (Å²) in [5, 5.41) is 3.55. The third-order valence-electron chi connectivity index (χ3n) is 5.35. The summed E-state index contributed by atoms with van der Waals surface area (Å²) >= 11 is 0. The van der Waals surface area contributed by atoms with Crippen LogP contribution >= 0.6 is 12.4 Å². The number of hydrogen-bond donors (Lipinski definition) is 1. The van der Waals surface area contributed by atoms with E-state index in [-0.39, 0.29) is 12.4 Å². The number of nitrogens with one attached hydrogen (secondary N) is 1. The van der Waals surface area contributed by atoms with Crippen LogP contribution in [0.1, 0.15) is 32.1 Å². The van der Waals surface area contributed by atoms with Crippen LogP contribution < -0.4 is 5.32 Å². The van der Waals surface area contributed by atoms with E-state index in [1.54, 1.807) is 0 Å². The molecule has 3 nitrogen and oxygen atoms in total. The summed E-state index contributed by atoms with van der Waals surface area (Å²) in [6, 6.07) is 0.888. The predicted molar refractivity (Wildman–Crippen MR) is 83.0 cm³/mol. The van der Waals surface area contributed by atoms with E-state index >= 15 is 0 Å². The average molecular weight is 288 g/mol. The molecule has 3 rings (SSSR count). The maximum atomic E-state index is 3.55. The van der Waals surface area contributed by atoms with Crippen molar-refractivity contribution in [2.75, 3.05) is 46.3 Å². The predicted octanol–water partition coefficient (Wildman–Crippen LogP) is 1.82. The molecule has 0 radical (unpaired) electrons. The summed E-state index contributed by atoms with van der Waals surface area (Å²) in [5.74, 6) is 1.87. The normalized spacial score (nSPS) is 37.4. The third kappa shape index (κ3) is 3.84. The highest BCUT2D eigenvalue weighted by Gasteiger charge is 2.34. The molecule has 3 aliphatic heterocycles. The Morgan fingerprint density at radius 2 is 2.00 bits per heavy atom. The van der Waals surface area contributed by atoms with Crippen LogP contribution in [0.5, 0.6) is 0 Å². The maximum Gasteiger partial charge on any atom is 0.0145 e. The van der Waals surface area contributed by atoms with E-state index in [0.717, 1.165) is 17.9 Å². The van der Waals surface area contributed by atoms with Crippen molar-refractivity contribution in [1.29, 1.82) is 0 Å². The second-order valence-corrected chi connectivity index (χ2v) is 6.71. The zero-order valence-electron chi connectivity index (χ0n) is 12.3. The first kappa shape index (κ1) is 15.6. The smallest absolute Gasteiger partial charge is 0.0145 e. The summed E-state index contributed by atoms with van der Waals surface area (Å²) in [6.45, 7) is 7.87. The molecule has 19 heavy (non-hydrogen) atoms. The monoisotopic (exact) mass is 287 g/mol. The minimum Gasteiger partial charge on any atom is -0.316 e. The Balaban J connectivity index is 0.00000133. The summed E-state index contributed by atoms with van der Waals surface area (Å²) in [7, 11) is 2.33. The number of halogens is 1. The molecule has 3 unspecified atom stereocenters. The Morgan fingerprint density at radius 1 is 1.11 bits per heavy atom. The van der Waals surface area contributed by atoms with Gasteiger partial charge >= 0.3 is 0 Å². The van der Waals surface area contributed by atoms with Gasteiger partial charge in [-0.25, -0.2) is 0 Å². The zero-order chi connectivity index (χ0) is 12.4. The number of nitrogens with zero attached hydrogens (tertiary/aromatic N) is 2. The Morgan fingerprint density at radius 3 is 2.79 bits per heavy atom. The SMILES string of the molecule is CN1CCCC2CN(CC3CCCNC3)CCC21.Cl. The van der Waals surface area contributed by atoms with Crippen molar-refractivity contribution in [3.63, 3.8) is 0 Å². The minimum absolute atomic E-state index is 0. The van der Waals surface area contributed by atoms with Gasteiger partial charge in [0.1, 0.15) is 0 Å². The average Bonchev–Trinajstić information content (AvgIpc) is 2.40. The molecular formula is C15H30ClN3. The Labute approximate surface area is 124 Å². The van der Waals surface area contributed by atoms with Crippen LogP contribution in [-0.2, 0) is 0 Å². The standard InChI is InChI=1S/C15H29N3.ClH/c1-17-8-3-5-14-12-18(9-6-15(14)17)11-13-4-2-7-16-10-13;/h13-16H,2-12H2,1H3;1H. The zero-order valence-corrected chi connectivity index (χ0v) is 13.1. The van der Waals surface area contributed by atoms with Gasteiger partial charge in [-0.15, -0.1) is 12.4 Å². The topological polar surface area (TPSA) is 18.5 Å². The first-order chi connectivity index (χ1) is 8.83. The number of rotatable bonds is 2. The molecule has 0 aromatic heterocycles. The maximum absolute atomic E-state index is 3.55. The fraction of sp³-hybridized carbons (Fsp3) is 1.00. The van der Waals surface area contributed by atoms with Crippen molar-refractivity contribution in [3.05, 3.63) is 0 Å². The van der Waals surface area contributed by atoms with Crippen LogP contribution in [0.2, 0.25) is 0 Å². The molecule has 0 spiro atoms. The quantitative estimate of drug-likeness (QED) is 0.836. The molecule has 3 saturated heterocycles. The van der Waals surface area contributed by atoms with E-state index in [9.17, 15) is 0 Å². The van der Waals surface area contributed by atoms with Gasteiger partial charge in [0.15, 0.2) is 0 Å². The molecule has 4 heteroatoms. The summed E-state index contributed by atoms with van der Waals surface area (Å²) < 4.78 is 0. The van der Waals surface area contributed by atoms with Crippen molar-refractivity contribution in [1.82, 2.24) is 15.1 Å². The third-order valence-corrected chi connectivity index (χ3v) is 5.35. The van der Waals surface area contributed by atoms with Crippen LogP contribution in [0.25, 0.3) is 0 Å².